The molecule has 20 heavy (non-hydrogen) atoms. The summed E-state index contributed by atoms with van der Waals surface area (Å²) in [5.74, 6) is 0. The Bertz CT molecular complexity index is 249. The maximum absolute atomic E-state index is 6.12. The molecular weight excluding hydrogens is 246 g/mol. The van der Waals surface area contributed by atoms with Crippen LogP contribution in [0.5, 0.6) is 0 Å². The minimum Gasteiger partial charge on any atom is -0.377 e. The molecule has 120 valence electrons. The third kappa shape index (κ3) is 5.73. The minimum absolute atomic E-state index is 0.0803. The van der Waals surface area contributed by atoms with Crippen molar-refractivity contribution in [2.24, 2.45) is 5.41 Å². The van der Waals surface area contributed by atoms with E-state index in [1.807, 2.05) is 7.11 Å². The second kappa shape index (κ2) is 8.38. The fourth-order valence-electron chi connectivity index (χ4n) is 3.47. The first-order chi connectivity index (χ1) is 9.43. The summed E-state index contributed by atoms with van der Waals surface area (Å²) < 4.78 is 6.12. The van der Waals surface area contributed by atoms with Crippen LogP contribution in [0.3, 0.4) is 0 Å². The highest BCUT2D eigenvalue weighted by molar-refractivity contribution is 4.95. The number of hydrogen-bond acceptors (Lipinski definition) is 2. The van der Waals surface area contributed by atoms with E-state index in [0.717, 1.165) is 6.54 Å². The van der Waals surface area contributed by atoms with Crippen molar-refractivity contribution < 1.29 is 4.74 Å². The Morgan fingerprint density at radius 1 is 1.10 bits per heavy atom. The standard InChI is InChI=1S/C18H37NO/c1-6-15-19-16(11-14-17(2,3)4)18(20-5)12-9-7-8-10-13-18/h16,19H,6-15H2,1-5H3. The SMILES string of the molecule is CCCNC(CCC(C)(C)C)C1(OC)CCCCCC1. The lowest BCUT2D eigenvalue weighted by Gasteiger charge is -2.41. The molecule has 1 aliphatic carbocycles. The van der Waals surface area contributed by atoms with Gasteiger partial charge >= 0.3 is 0 Å². The van der Waals surface area contributed by atoms with Gasteiger partial charge in [-0.2, -0.15) is 0 Å². The summed E-state index contributed by atoms with van der Waals surface area (Å²) in [5, 5.41) is 3.81. The summed E-state index contributed by atoms with van der Waals surface area (Å²) in [6.45, 7) is 10.4. The Labute approximate surface area is 127 Å². The van der Waals surface area contributed by atoms with Gasteiger partial charge in [0.25, 0.3) is 0 Å². The molecule has 1 unspecified atom stereocenters. The zero-order valence-corrected chi connectivity index (χ0v) is 14.6. The van der Waals surface area contributed by atoms with Gasteiger partial charge in [-0.25, -0.2) is 0 Å². The predicted molar refractivity (Wildman–Crippen MR) is 88.2 cm³/mol. The van der Waals surface area contributed by atoms with Gasteiger partial charge in [0.15, 0.2) is 0 Å². The third-order valence-electron chi connectivity index (χ3n) is 4.82. The van der Waals surface area contributed by atoms with Crippen LogP contribution in [-0.2, 0) is 4.74 Å². The van der Waals surface area contributed by atoms with Crippen molar-refractivity contribution in [1.82, 2.24) is 5.32 Å². The lowest BCUT2D eigenvalue weighted by molar-refractivity contribution is -0.0566. The van der Waals surface area contributed by atoms with E-state index >= 15 is 0 Å². The van der Waals surface area contributed by atoms with Crippen LogP contribution < -0.4 is 5.32 Å². The molecule has 1 atom stereocenters. The van der Waals surface area contributed by atoms with Crippen LogP contribution >= 0.6 is 0 Å². The van der Waals surface area contributed by atoms with Crippen molar-refractivity contribution in [3.8, 4) is 0 Å². The van der Waals surface area contributed by atoms with Crippen molar-refractivity contribution in [1.29, 1.82) is 0 Å². The molecule has 1 aliphatic rings. The first kappa shape index (κ1) is 18.0. The van der Waals surface area contributed by atoms with Crippen molar-refractivity contribution in [2.45, 2.75) is 97.1 Å². The van der Waals surface area contributed by atoms with E-state index in [0.29, 0.717) is 11.5 Å². The topological polar surface area (TPSA) is 21.3 Å². The Hall–Kier alpha value is -0.0800. The monoisotopic (exact) mass is 283 g/mol. The van der Waals surface area contributed by atoms with Crippen LogP contribution in [0.4, 0.5) is 0 Å². The summed E-state index contributed by atoms with van der Waals surface area (Å²) in [6.07, 6.45) is 11.6. The van der Waals surface area contributed by atoms with Crippen LogP contribution in [0.1, 0.15) is 85.5 Å². The Balaban J connectivity index is 2.75. The number of methoxy groups -OCH3 is 1. The van der Waals surface area contributed by atoms with E-state index < -0.39 is 0 Å². The highest BCUT2D eigenvalue weighted by Crippen LogP contribution is 2.36. The first-order valence-corrected chi connectivity index (χ1v) is 8.72. The second-order valence-electron chi connectivity index (χ2n) is 7.79. The lowest BCUT2D eigenvalue weighted by Crippen LogP contribution is -2.52. The molecule has 1 rings (SSSR count). The van der Waals surface area contributed by atoms with Crippen LogP contribution in [-0.4, -0.2) is 25.3 Å². The first-order valence-electron chi connectivity index (χ1n) is 8.72. The fourth-order valence-corrected chi connectivity index (χ4v) is 3.47. The van der Waals surface area contributed by atoms with Gasteiger partial charge in [-0.3, -0.25) is 0 Å². The van der Waals surface area contributed by atoms with E-state index in [4.69, 9.17) is 4.74 Å². The number of ether oxygens (including phenoxy) is 1. The normalized spacial score (nSPS) is 21.4. The summed E-state index contributed by atoms with van der Waals surface area (Å²) in [5.41, 5.74) is 0.489. The van der Waals surface area contributed by atoms with Gasteiger partial charge in [-0.05, 0) is 44.1 Å². The van der Waals surface area contributed by atoms with Crippen molar-refractivity contribution in [3.05, 3.63) is 0 Å². The van der Waals surface area contributed by atoms with Crippen LogP contribution in [0, 0.1) is 5.41 Å². The molecular formula is C18H37NO. The molecule has 0 amide bonds. The molecule has 2 heteroatoms. The zero-order valence-electron chi connectivity index (χ0n) is 14.6. The van der Waals surface area contributed by atoms with Crippen molar-refractivity contribution in [2.75, 3.05) is 13.7 Å². The zero-order chi connectivity index (χ0) is 15.1. The van der Waals surface area contributed by atoms with E-state index in [-0.39, 0.29) is 5.60 Å². The molecule has 0 bridgehead atoms. The molecule has 2 nitrogen and oxygen atoms in total. The number of nitrogens with one attached hydrogen (secondary N) is 1. The largest absolute Gasteiger partial charge is 0.377 e. The van der Waals surface area contributed by atoms with Gasteiger partial charge in [-0.1, -0.05) is 53.4 Å². The number of rotatable bonds is 7. The van der Waals surface area contributed by atoms with Gasteiger partial charge in [0.1, 0.15) is 0 Å². The molecule has 0 aromatic rings. The molecule has 1 fully saturated rings. The Kier molecular flexibility index (Phi) is 7.53. The summed E-state index contributed by atoms with van der Waals surface area (Å²) in [7, 11) is 1.93. The highest BCUT2D eigenvalue weighted by atomic mass is 16.5. The van der Waals surface area contributed by atoms with Crippen LogP contribution in [0.15, 0.2) is 0 Å². The second-order valence-corrected chi connectivity index (χ2v) is 7.79. The maximum atomic E-state index is 6.12. The molecule has 1 saturated carbocycles. The van der Waals surface area contributed by atoms with Gasteiger partial charge in [-0.15, -0.1) is 0 Å². The summed E-state index contributed by atoms with van der Waals surface area (Å²) in [6, 6.07) is 0.518. The van der Waals surface area contributed by atoms with Crippen molar-refractivity contribution >= 4 is 0 Å². The smallest absolute Gasteiger partial charge is 0.0830 e. The summed E-state index contributed by atoms with van der Waals surface area (Å²) in [4.78, 5) is 0. The van der Waals surface area contributed by atoms with E-state index in [9.17, 15) is 0 Å². The van der Waals surface area contributed by atoms with E-state index in [1.54, 1.807) is 0 Å². The predicted octanol–water partition coefficient (Wildman–Crippen LogP) is 4.92. The summed E-state index contributed by atoms with van der Waals surface area (Å²) >= 11 is 0. The average molecular weight is 284 g/mol. The molecule has 0 spiro atoms. The molecule has 0 saturated heterocycles. The fraction of sp³-hybridized carbons (Fsp3) is 1.00. The average Bonchev–Trinajstić information content (AvgIpc) is 2.64. The molecule has 0 aromatic heterocycles. The minimum atomic E-state index is 0.0803. The van der Waals surface area contributed by atoms with Gasteiger partial charge in [0.05, 0.1) is 5.60 Å². The van der Waals surface area contributed by atoms with Crippen LogP contribution in [0.2, 0.25) is 0 Å². The van der Waals surface area contributed by atoms with Gasteiger partial charge in [0.2, 0.25) is 0 Å². The lowest BCUT2D eigenvalue weighted by atomic mass is 9.79. The third-order valence-corrected chi connectivity index (χ3v) is 4.82. The van der Waals surface area contributed by atoms with Gasteiger partial charge < -0.3 is 10.1 Å². The molecule has 1 N–H and O–H groups in total. The van der Waals surface area contributed by atoms with Crippen LogP contribution in [0.25, 0.3) is 0 Å². The molecule has 0 radical (unpaired) electrons. The molecule has 0 aliphatic heterocycles. The number of hydrogen-bond donors (Lipinski definition) is 1. The van der Waals surface area contributed by atoms with Crippen molar-refractivity contribution in [3.63, 3.8) is 0 Å². The maximum Gasteiger partial charge on any atom is 0.0830 e. The van der Waals surface area contributed by atoms with Gasteiger partial charge in [0, 0.05) is 13.2 Å². The molecule has 0 aromatic carbocycles. The quantitative estimate of drug-likeness (QED) is 0.670. The van der Waals surface area contributed by atoms with E-state index in [2.05, 4.69) is 33.0 Å². The Morgan fingerprint density at radius 3 is 2.15 bits per heavy atom. The highest BCUT2D eigenvalue weighted by Gasteiger charge is 2.38. The Morgan fingerprint density at radius 2 is 1.70 bits per heavy atom. The molecule has 0 heterocycles. The van der Waals surface area contributed by atoms with E-state index in [1.165, 1.54) is 57.8 Å².